The monoisotopic (exact) mass is 284 g/mol. The molecule has 2 aliphatic rings. The first-order valence-electron chi connectivity index (χ1n) is 6.60. The third-order valence-electron chi connectivity index (χ3n) is 4.23. The van der Waals surface area contributed by atoms with Crippen LogP contribution in [-0.2, 0) is 14.3 Å². The van der Waals surface area contributed by atoms with Crippen molar-refractivity contribution in [1.82, 2.24) is 0 Å². The molecule has 5 heteroatoms. The van der Waals surface area contributed by atoms with Crippen molar-refractivity contribution in [3.8, 4) is 0 Å². The second-order valence-electron chi connectivity index (χ2n) is 5.65. The summed E-state index contributed by atoms with van der Waals surface area (Å²) in [5.74, 6) is 0.0449. The van der Waals surface area contributed by atoms with Gasteiger partial charge in [0.2, 0.25) is 0 Å². The average molecular weight is 284 g/mol. The lowest BCUT2D eigenvalue weighted by Gasteiger charge is -2.24. The van der Waals surface area contributed by atoms with Gasteiger partial charge in [0.1, 0.15) is 6.17 Å². The lowest BCUT2D eigenvalue weighted by atomic mass is 9.96. The molecule has 0 radical (unpaired) electrons. The molecule has 3 rings (SSSR count). The smallest absolute Gasteiger partial charge is 0.263 e. The second-order valence-corrected chi connectivity index (χ2v) is 7.23. The Morgan fingerprint density at radius 3 is 2.42 bits per heavy atom. The van der Waals surface area contributed by atoms with Crippen molar-refractivity contribution in [2.75, 3.05) is 0 Å². The summed E-state index contributed by atoms with van der Waals surface area (Å²) in [6.07, 6.45) is 0.595. The third-order valence-corrected chi connectivity index (χ3v) is 5.58. The number of alkyl halides is 1. The van der Waals surface area contributed by atoms with Crippen molar-refractivity contribution in [2.45, 2.75) is 43.4 Å². The van der Waals surface area contributed by atoms with E-state index in [4.69, 9.17) is 4.18 Å². The number of aryl methyl sites for hydroxylation is 1. The molecule has 2 aliphatic carbocycles. The topological polar surface area (TPSA) is 43.4 Å². The molecule has 104 valence electrons. The first kappa shape index (κ1) is 13.1. The molecule has 0 amide bonds. The van der Waals surface area contributed by atoms with E-state index in [2.05, 4.69) is 0 Å². The molecular weight excluding hydrogens is 267 g/mol. The van der Waals surface area contributed by atoms with Gasteiger partial charge in [-0.25, -0.2) is 4.39 Å². The van der Waals surface area contributed by atoms with Gasteiger partial charge >= 0.3 is 0 Å². The minimum atomic E-state index is -3.77. The highest BCUT2D eigenvalue weighted by Gasteiger charge is 2.48. The van der Waals surface area contributed by atoms with E-state index in [1.807, 2.05) is 6.92 Å². The lowest BCUT2D eigenvalue weighted by molar-refractivity contribution is 0.0875. The first-order valence-corrected chi connectivity index (χ1v) is 8.00. The molecule has 2 saturated carbocycles. The van der Waals surface area contributed by atoms with Gasteiger partial charge in [-0.3, -0.25) is 4.18 Å². The Balaban J connectivity index is 1.77. The average Bonchev–Trinajstić information content (AvgIpc) is 2.87. The quantitative estimate of drug-likeness (QED) is 0.802. The minimum absolute atomic E-state index is 0.149. The van der Waals surface area contributed by atoms with Crippen LogP contribution in [0.25, 0.3) is 0 Å². The standard InChI is InChI=1S/C14H17FO3S/c1-9-2-4-11(5-3-9)19(16,17)18-14-8-10-6-12(14)13(15)7-10/h2-5,10,12-14H,6-8H2,1H3/t10?,12?,13-,14+/m0/s1. The van der Waals surface area contributed by atoms with Gasteiger partial charge in [0.05, 0.1) is 11.0 Å². The molecule has 0 N–H and O–H groups in total. The van der Waals surface area contributed by atoms with Crippen molar-refractivity contribution in [1.29, 1.82) is 0 Å². The Bertz CT molecular complexity index is 567. The van der Waals surface area contributed by atoms with Crippen LogP contribution in [0.2, 0.25) is 0 Å². The third kappa shape index (κ3) is 2.41. The Kier molecular flexibility index (Phi) is 3.14. The molecule has 2 fully saturated rings. The Morgan fingerprint density at radius 2 is 1.84 bits per heavy atom. The van der Waals surface area contributed by atoms with E-state index in [9.17, 15) is 12.8 Å². The Morgan fingerprint density at radius 1 is 1.16 bits per heavy atom. The summed E-state index contributed by atoms with van der Waals surface area (Å²) in [6, 6.07) is 6.53. The van der Waals surface area contributed by atoms with E-state index >= 15 is 0 Å². The molecule has 0 aliphatic heterocycles. The number of hydrogen-bond acceptors (Lipinski definition) is 3. The fourth-order valence-corrected chi connectivity index (χ4v) is 4.36. The van der Waals surface area contributed by atoms with Crippen molar-refractivity contribution in [3.63, 3.8) is 0 Å². The van der Waals surface area contributed by atoms with Gasteiger partial charge in [-0.15, -0.1) is 0 Å². The molecule has 2 bridgehead atoms. The Hall–Kier alpha value is -0.940. The van der Waals surface area contributed by atoms with Crippen molar-refractivity contribution >= 4 is 10.1 Å². The summed E-state index contributed by atoms with van der Waals surface area (Å²) in [5.41, 5.74) is 0.989. The van der Waals surface area contributed by atoms with Gasteiger partial charge in [0.15, 0.2) is 0 Å². The number of rotatable bonds is 3. The van der Waals surface area contributed by atoms with Gasteiger partial charge in [-0.1, -0.05) is 17.7 Å². The maximum atomic E-state index is 13.6. The van der Waals surface area contributed by atoms with E-state index in [0.717, 1.165) is 12.0 Å². The van der Waals surface area contributed by atoms with E-state index in [0.29, 0.717) is 18.8 Å². The molecule has 19 heavy (non-hydrogen) atoms. The Labute approximate surface area is 112 Å². The fraction of sp³-hybridized carbons (Fsp3) is 0.571. The highest BCUT2D eigenvalue weighted by molar-refractivity contribution is 7.86. The summed E-state index contributed by atoms with van der Waals surface area (Å²) < 4.78 is 43.2. The molecule has 3 nitrogen and oxygen atoms in total. The summed E-state index contributed by atoms with van der Waals surface area (Å²) >= 11 is 0. The predicted molar refractivity (Wildman–Crippen MR) is 69.0 cm³/mol. The van der Waals surface area contributed by atoms with Crippen LogP contribution in [0.15, 0.2) is 29.2 Å². The van der Waals surface area contributed by atoms with Gasteiger partial charge in [-0.05, 0) is 44.2 Å². The molecule has 0 saturated heterocycles. The summed E-state index contributed by atoms with van der Waals surface area (Å²) in [4.78, 5) is 0.149. The number of fused-ring (bicyclic) bond motifs is 2. The van der Waals surface area contributed by atoms with E-state index in [1.54, 1.807) is 12.1 Å². The van der Waals surface area contributed by atoms with Gasteiger partial charge in [-0.2, -0.15) is 8.42 Å². The lowest BCUT2D eigenvalue weighted by Crippen LogP contribution is -2.30. The van der Waals surface area contributed by atoms with Gasteiger partial charge < -0.3 is 0 Å². The predicted octanol–water partition coefficient (Wildman–Crippen LogP) is 2.84. The minimum Gasteiger partial charge on any atom is -0.263 e. The van der Waals surface area contributed by atoms with E-state index < -0.39 is 22.4 Å². The van der Waals surface area contributed by atoms with E-state index in [1.165, 1.54) is 12.1 Å². The molecule has 1 aromatic rings. The number of hydrogen-bond donors (Lipinski definition) is 0. The van der Waals surface area contributed by atoms with Crippen LogP contribution in [0.3, 0.4) is 0 Å². The molecule has 2 unspecified atom stereocenters. The molecular formula is C14H17FO3S. The van der Waals surface area contributed by atoms with Crippen LogP contribution in [0.4, 0.5) is 4.39 Å². The zero-order valence-corrected chi connectivity index (χ0v) is 11.6. The molecule has 1 aromatic carbocycles. The van der Waals surface area contributed by atoms with Crippen molar-refractivity contribution in [2.24, 2.45) is 11.8 Å². The van der Waals surface area contributed by atoms with Crippen LogP contribution >= 0.6 is 0 Å². The highest BCUT2D eigenvalue weighted by Crippen LogP contribution is 2.48. The normalized spacial score (nSPS) is 33.8. The maximum Gasteiger partial charge on any atom is 0.297 e. The van der Waals surface area contributed by atoms with Crippen molar-refractivity contribution in [3.05, 3.63) is 29.8 Å². The number of benzene rings is 1. The van der Waals surface area contributed by atoms with Crippen LogP contribution in [0.1, 0.15) is 24.8 Å². The largest absolute Gasteiger partial charge is 0.297 e. The second kappa shape index (κ2) is 4.56. The molecule has 0 aromatic heterocycles. The SMILES string of the molecule is Cc1ccc(S(=O)(=O)O[C@@H]2CC3CC2[C@@H](F)C3)cc1. The molecule has 0 spiro atoms. The fourth-order valence-electron chi connectivity index (χ4n) is 3.24. The summed E-state index contributed by atoms with van der Waals surface area (Å²) in [6.45, 7) is 1.89. The number of halogens is 1. The zero-order valence-electron chi connectivity index (χ0n) is 10.8. The maximum absolute atomic E-state index is 13.6. The van der Waals surface area contributed by atoms with Crippen LogP contribution < -0.4 is 0 Å². The molecule has 0 heterocycles. The summed E-state index contributed by atoms with van der Waals surface area (Å²) in [5, 5.41) is 0. The zero-order chi connectivity index (χ0) is 13.6. The van der Waals surface area contributed by atoms with Crippen LogP contribution in [-0.4, -0.2) is 20.7 Å². The molecule has 4 atom stereocenters. The van der Waals surface area contributed by atoms with Crippen LogP contribution in [0, 0.1) is 18.8 Å². The van der Waals surface area contributed by atoms with Crippen LogP contribution in [0.5, 0.6) is 0 Å². The summed E-state index contributed by atoms with van der Waals surface area (Å²) in [7, 11) is -3.77. The van der Waals surface area contributed by atoms with Gasteiger partial charge in [0, 0.05) is 5.92 Å². The first-order chi connectivity index (χ1) is 8.95. The van der Waals surface area contributed by atoms with E-state index in [-0.39, 0.29) is 10.8 Å². The van der Waals surface area contributed by atoms with Crippen molar-refractivity contribution < 1.29 is 17.0 Å². The highest BCUT2D eigenvalue weighted by atomic mass is 32.2. The van der Waals surface area contributed by atoms with Gasteiger partial charge in [0.25, 0.3) is 10.1 Å².